The number of aromatic hydroxyl groups is 1. The number of amides is 8. The van der Waals surface area contributed by atoms with E-state index >= 15 is 0 Å². The Morgan fingerprint density at radius 2 is 1.12 bits per heavy atom. The highest BCUT2D eigenvalue weighted by Gasteiger charge is 2.38. The minimum Gasteiger partial charge on any atom is -0.508 e. The molecule has 0 fully saturated rings. The van der Waals surface area contributed by atoms with E-state index in [1.165, 1.54) is 30.9 Å². The number of aromatic nitrogens is 1. The van der Waals surface area contributed by atoms with E-state index in [1.54, 1.807) is 60.8 Å². The fraction of sp³-hybridized carbons (Fsp3) is 0.345. The van der Waals surface area contributed by atoms with Gasteiger partial charge in [-0.25, -0.2) is 0 Å². The Morgan fingerprint density at radius 1 is 0.580 bits per heavy atom. The minimum atomic E-state index is -1.71. The lowest BCUT2D eigenvalue weighted by atomic mass is 10.0. The van der Waals surface area contributed by atoms with Crippen molar-refractivity contribution in [2.75, 3.05) is 23.0 Å². The number of benzene rings is 5. The average Bonchev–Trinajstić information content (AvgIpc) is 3.87. The smallest absolute Gasteiger partial charge is 0.251 e. The van der Waals surface area contributed by atoms with Gasteiger partial charge in [-0.3, -0.25) is 43.3 Å². The number of nitrogens with one attached hydrogen (secondary N) is 7. The van der Waals surface area contributed by atoms with Crippen LogP contribution < -0.4 is 54.0 Å². The van der Waals surface area contributed by atoms with Crippen molar-refractivity contribution in [3.05, 3.63) is 144 Å². The summed E-state index contributed by atoms with van der Waals surface area (Å²) in [6, 6.07) is 23.7. The van der Waals surface area contributed by atoms with Gasteiger partial charge in [-0.1, -0.05) is 97.1 Å². The molecule has 81 heavy (non-hydrogen) atoms. The van der Waals surface area contributed by atoms with Crippen LogP contribution >= 0.6 is 25.3 Å². The summed E-state index contributed by atoms with van der Waals surface area (Å²) in [7, 11) is 0. The van der Waals surface area contributed by atoms with Gasteiger partial charge in [-0.2, -0.15) is 25.3 Å². The number of aliphatic hydroxyl groups excluding tert-OH is 1. The zero-order valence-corrected chi connectivity index (χ0v) is 46.7. The highest BCUT2D eigenvalue weighted by Crippen LogP contribution is 2.29. The molecule has 0 aliphatic carbocycles. The number of unbranched alkanes of at least 4 members (excludes halogenated alkanes) is 1. The van der Waals surface area contributed by atoms with Crippen molar-refractivity contribution >= 4 is 99.9 Å². The number of rotatable bonds is 29. The maximum absolute atomic E-state index is 14.8. The molecule has 9 atom stereocenters. The topological polar surface area (TPSA) is 346 Å². The first kappa shape index (κ1) is 62.2. The number of nitrogens with two attached hydrogens (primary N) is 3. The number of primary amides is 1. The number of aromatic amines is 1. The van der Waals surface area contributed by atoms with Crippen molar-refractivity contribution in [2.24, 2.45) is 17.2 Å². The summed E-state index contributed by atoms with van der Waals surface area (Å²) in [5.41, 5.74) is 20.8. The molecule has 1 heterocycles. The number of H-pyrrole nitrogens is 1. The fourth-order valence-corrected chi connectivity index (χ4v) is 9.66. The third kappa shape index (κ3) is 17.0. The number of para-hydroxylation sites is 1. The first-order valence-electron chi connectivity index (χ1n) is 26.5. The number of thiol groups is 2. The van der Waals surface area contributed by atoms with Crippen LogP contribution in [0.4, 0.5) is 5.69 Å². The van der Waals surface area contributed by atoms with Gasteiger partial charge in [0.05, 0.1) is 17.8 Å². The van der Waals surface area contributed by atoms with Gasteiger partial charge in [0.15, 0.2) is 0 Å². The van der Waals surface area contributed by atoms with Crippen LogP contribution in [0.15, 0.2) is 128 Å². The van der Waals surface area contributed by atoms with Crippen molar-refractivity contribution in [1.29, 1.82) is 0 Å². The summed E-state index contributed by atoms with van der Waals surface area (Å²) >= 11 is 8.69. The van der Waals surface area contributed by atoms with Crippen LogP contribution in [0.2, 0.25) is 0 Å². The number of phenols is 1. The summed E-state index contributed by atoms with van der Waals surface area (Å²) in [6.07, 6.45) is 0.683. The molecule has 0 radical (unpaired) electrons. The predicted molar refractivity (Wildman–Crippen MR) is 316 cm³/mol. The van der Waals surface area contributed by atoms with E-state index in [0.717, 1.165) is 21.9 Å². The lowest BCUT2D eigenvalue weighted by Gasteiger charge is -2.32. The van der Waals surface area contributed by atoms with Crippen molar-refractivity contribution in [2.45, 2.75) is 107 Å². The van der Waals surface area contributed by atoms with E-state index < -0.39 is 102 Å². The molecule has 15 N–H and O–H groups in total. The number of nitrogens with zero attached hydrogens (tertiary/aromatic N) is 1. The number of hydrogen-bond acceptors (Lipinski definition) is 14. The molecule has 6 rings (SSSR count). The molecule has 0 saturated carbocycles. The second kappa shape index (κ2) is 30.0. The number of anilines is 1. The van der Waals surface area contributed by atoms with Crippen LogP contribution in [0.25, 0.3) is 21.7 Å². The van der Waals surface area contributed by atoms with Gasteiger partial charge in [0.1, 0.15) is 48.0 Å². The van der Waals surface area contributed by atoms with Crippen LogP contribution in [0, 0.1) is 0 Å². The van der Waals surface area contributed by atoms with E-state index in [9.17, 15) is 48.6 Å². The third-order valence-corrected chi connectivity index (χ3v) is 14.4. The van der Waals surface area contributed by atoms with E-state index in [-0.39, 0.29) is 49.5 Å². The van der Waals surface area contributed by atoms with E-state index in [4.69, 9.17) is 17.2 Å². The van der Waals surface area contributed by atoms with Crippen molar-refractivity contribution < 1.29 is 48.6 Å². The van der Waals surface area contributed by atoms with Crippen LogP contribution in [-0.4, -0.2) is 135 Å². The quantitative estimate of drug-likeness (QED) is 0.0235. The zero-order valence-electron chi connectivity index (χ0n) is 44.9. The molecule has 8 amide bonds. The van der Waals surface area contributed by atoms with Gasteiger partial charge in [0.25, 0.3) is 5.91 Å². The molecule has 0 saturated heterocycles. The van der Waals surface area contributed by atoms with Crippen LogP contribution in [0.1, 0.15) is 49.8 Å². The zero-order chi connectivity index (χ0) is 58.8. The molecule has 21 nitrogen and oxygen atoms in total. The van der Waals surface area contributed by atoms with Crippen molar-refractivity contribution in [1.82, 2.24) is 36.9 Å². The van der Waals surface area contributed by atoms with E-state index in [0.29, 0.717) is 35.0 Å². The SMILES string of the molecule is CC(O)C(NC(=O)C(CCCCN)NC(=O)C(Cc1c[nH]c2ccccc12)NC(=O)C(Cc1ccc(O)cc1)NC(=O)C(CS)NC(=O)C(N)Cc1ccccc1)C(=O)NC(CS)C(=O)N(c1cccc2ccccc12)C(C)C(N)=O. The Morgan fingerprint density at radius 3 is 1.77 bits per heavy atom. The average molecular weight is 1150 g/mol. The van der Waals surface area contributed by atoms with Crippen molar-refractivity contribution in [3.63, 3.8) is 0 Å². The molecule has 0 aliphatic heterocycles. The normalized spacial score (nSPS) is 14.6. The Kier molecular flexibility index (Phi) is 23.1. The maximum atomic E-state index is 14.8. The molecule has 430 valence electrons. The van der Waals surface area contributed by atoms with Gasteiger partial charge in [0.2, 0.25) is 41.4 Å². The molecule has 23 heteroatoms. The summed E-state index contributed by atoms with van der Waals surface area (Å²) in [5.74, 6) is -7.13. The van der Waals surface area contributed by atoms with E-state index in [1.807, 2.05) is 54.6 Å². The summed E-state index contributed by atoms with van der Waals surface area (Å²) in [5, 5.41) is 39.2. The predicted octanol–water partition coefficient (Wildman–Crippen LogP) is 1.57. The Hall–Kier alpha value is -7.96. The molecule has 0 spiro atoms. The van der Waals surface area contributed by atoms with Crippen molar-refractivity contribution in [3.8, 4) is 5.75 Å². The number of fused-ring (bicyclic) bond motifs is 2. The molecule has 0 bridgehead atoms. The summed E-state index contributed by atoms with van der Waals surface area (Å²) < 4.78 is 0. The van der Waals surface area contributed by atoms with Gasteiger partial charge in [0, 0.05) is 46.8 Å². The van der Waals surface area contributed by atoms with Crippen LogP contribution in [0.3, 0.4) is 0 Å². The standard InChI is InChI=1S/C58H71N11O10S2/c1-33(51(61)72)69(49-21-12-16-37-15-6-7-18-41(37)49)58(79)48(32-81)67-57(78)50(34(2)70)68-53(74)44(20-10-11-26-59)63-55(76)46(29-38-30-62-43-19-9-8-17-40(38)43)65-54(75)45(28-36-22-24-39(71)25-23-36)64-56(77)47(31-80)66-52(73)42(60)27-35-13-4-3-5-14-35/h3-9,12-19,21-25,30,33-34,42,44-48,50,62,70-71,80-81H,10-11,20,26-29,31-32,59-60H2,1-2H3,(H2,61,72)(H,63,76)(H,64,77)(H,65,75)(H,66,73)(H,67,78)(H,68,74). The Labute approximate surface area is 480 Å². The first-order chi connectivity index (χ1) is 38.8. The first-order valence-corrected chi connectivity index (χ1v) is 27.7. The largest absolute Gasteiger partial charge is 0.508 e. The monoisotopic (exact) mass is 1150 g/mol. The van der Waals surface area contributed by atoms with Gasteiger partial charge in [-0.15, -0.1) is 0 Å². The molecule has 9 unspecified atom stereocenters. The highest BCUT2D eigenvalue weighted by molar-refractivity contribution is 7.80. The fourth-order valence-electron chi connectivity index (χ4n) is 9.16. The molecule has 6 aromatic rings. The number of hydrogen-bond donors (Lipinski definition) is 14. The second-order valence-corrected chi connectivity index (χ2v) is 20.4. The molecule has 0 aliphatic rings. The number of phenolic OH excluding ortho intramolecular Hbond substituents is 1. The Bertz CT molecular complexity index is 3140. The lowest BCUT2D eigenvalue weighted by Crippen LogP contribution is -2.62. The maximum Gasteiger partial charge on any atom is 0.251 e. The molecular formula is C58H71N11O10S2. The molecule has 1 aromatic heterocycles. The molecule has 5 aromatic carbocycles. The number of carbonyl (C=O) groups is 8. The third-order valence-electron chi connectivity index (χ3n) is 13.7. The van der Waals surface area contributed by atoms with E-state index in [2.05, 4.69) is 62.1 Å². The van der Waals surface area contributed by atoms with Crippen LogP contribution in [0.5, 0.6) is 5.75 Å². The number of carbonyl (C=O) groups excluding carboxylic acids is 8. The summed E-state index contributed by atoms with van der Waals surface area (Å²) in [6.45, 7) is 2.92. The second-order valence-electron chi connectivity index (χ2n) is 19.7. The van der Waals surface area contributed by atoms with Gasteiger partial charge >= 0.3 is 0 Å². The number of aliphatic hydroxyl groups is 1. The minimum absolute atomic E-state index is 0.0230. The Balaban J connectivity index is 1.25. The molecular weight excluding hydrogens is 1070 g/mol. The summed E-state index contributed by atoms with van der Waals surface area (Å²) in [4.78, 5) is 117. The highest BCUT2D eigenvalue weighted by atomic mass is 32.1. The van der Waals surface area contributed by atoms with Gasteiger partial charge < -0.3 is 64.3 Å². The lowest BCUT2D eigenvalue weighted by molar-refractivity contribution is -0.136. The van der Waals surface area contributed by atoms with Crippen LogP contribution in [-0.2, 0) is 57.6 Å². The van der Waals surface area contributed by atoms with Gasteiger partial charge in [-0.05, 0) is 92.4 Å².